The molecule has 0 atom stereocenters. The lowest BCUT2D eigenvalue weighted by Gasteiger charge is -2.08. The van der Waals surface area contributed by atoms with E-state index in [4.69, 9.17) is 46.4 Å². The summed E-state index contributed by atoms with van der Waals surface area (Å²) in [7, 11) is 0. The van der Waals surface area contributed by atoms with E-state index in [-0.39, 0.29) is 28.3 Å². The van der Waals surface area contributed by atoms with E-state index in [0.717, 1.165) is 0 Å². The van der Waals surface area contributed by atoms with Gasteiger partial charge in [-0.3, -0.25) is 4.79 Å². The molecule has 0 bridgehead atoms. The first-order valence-corrected chi connectivity index (χ1v) is 6.88. The summed E-state index contributed by atoms with van der Waals surface area (Å²) in [6.45, 7) is 0. The summed E-state index contributed by atoms with van der Waals surface area (Å²) < 4.78 is 0. The van der Waals surface area contributed by atoms with Gasteiger partial charge < -0.3 is 5.32 Å². The van der Waals surface area contributed by atoms with Crippen LogP contribution < -0.4 is 5.32 Å². The molecule has 8 heteroatoms. The van der Waals surface area contributed by atoms with Crippen molar-refractivity contribution in [2.24, 2.45) is 0 Å². The smallest absolute Gasteiger partial charge is 0.229 e. The highest BCUT2D eigenvalue weighted by atomic mass is 35.5. The van der Waals surface area contributed by atoms with Gasteiger partial charge in [-0.25, -0.2) is 9.97 Å². The van der Waals surface area contributed by atoms with Crippen molar-refractivity contribution >= 4 is 58.0 Å². The Kier molecular flexibility index (Phi) is 5.05. The highest BCUT2D eigenvalue weighted by molar-refractivity contribution is 6.38. The minimum atomic E-state index is -0.340. The van der Waals surface area contributed by atoms with Gasteiger partial charge in [-0.1, -0.05) is 52.5 Å². The highest BCUT2D eigenvalue weighted by Gasteiger charge is 2.13. The summed E-state index contributed by atoms with van der Waals surface area (Å²) >= 11 is 23.5. The van der Waals surface area contributed by atoms with Gasteiger partial charge in [-0.05, 0) is 17.7 Å². The maximum absolute atomic E-state index is 11.9. The molecule has 1 amide bonds. The van der Waals surface area contributed by atoms with Crippen molar-refractivity contribution in [2.45, 2.75) is 6.42 Å². The van der Waals surface area contributed by atoms with E-state index in [1.807, 2.05) is 0 Å². The van der Waals surface area contributed by atoms with Gasteiger partial charge in [0.15, 0.2) is 10.3 Å². The maximum Gasteiger partial charge on any atom is 0.229 e. The van der Waals surface area contributed by atoms with Crippen LogP contribution in [0.5, 0.6) is 0 Å². The summed E-state index contributed by atoms with van der Waals surface area (Å²) in [4.78, 5) is 19.4. The molecule has 0 aliphatic carbocycles. The molecule has 0 aliphatic heterocycles. The fourth-order valence-corrected chi connectivity index (χ4v) is 2.35. The van der Waals surface area contributed by atoms with Crippen LogP contribution in [0.2, 0.25) is 20.4 Å². The molecule has 0 saturated carbocycles. The number of hydrogen-bond donors (Lipinski definition) is 1. The van der Waals surface area contributed by atoms with Crippen LogP contribution in [0.1, 0.15) is 5.56 Å². The Balaban J connectivity index is 2.13. The zero-order chi connectivity index (χ0) is 14.7. The molecular formula is C12H7Cl4N3O. The number of aromatic nitrogens is 2. The van der Waals surface area contributed by atoms with Crippen molar-refractivity contribution in [1.29, 1.82) is 0 Å². The molecule has 0 fully saturated rings. The Morgan fingerprint density at radius 2 is 1.75 bits per heavy atom. The van der Waals surface area contributed by atoms with Crippen LogP contribution >= 0.6 is 46.4 Å². The van der Waals surface area contributed by atoms with Gasteiger partial charge in [0.25, 0.3) is 0 Å². The molecule has 1 heterocycles. The van der Waals surface area contributed by atoms with Gasteiger partial charge in [0.05, 0.1) is 6.42 Å². The first-order chi connectivity index (χ1) is 9.47. The van der Waals surface area contributed by atoms with Crippen molar-refractivity contribution < 1.29 is 4.79 Å². The van der Waals surface area contributed by atoms with Crippen LogP contribution in [0, 0.1) is 0 Å². The number of carbonyl (C=O) groups is 1. The van der Waals surface area contributed by atoms with E-state index in [9.17, 15) is 4.79 Å². The van der Waals surface area contributed by atoms with E-state index in [0.29, 0.717) is 15.6 Å². The molecule has 0 saturated heterocycles. The second-order valence-corrected chi connectivity index (χ2v) is 5.35. The lowest BCUT2D eigenvalue weighted by molar-refractivity contribution is -0.115. The molecule has 0 unspecified atom stereocenters. The SMILES string of the molecule is O=C(Cc1ccc(Cl)cc1Cl)Nc1c(Cl)ncnc1Cl. The number of rotatable bonds is 3. The molecule has 2 rings (SSSR count). The van der Waals surface area contributed by atoms with Crippen LogP contribution in [0.4, 0.5) is 5.69 Å². The highest BCUT2D eigenvalue weighted by Crippen LogP contribution is 2.26. The monoisotopic (exact) mass is 349 g/mol. The quantitative estimate of drug-likeness (QED) is 0.841. The molecule has 1 aromatic heterocycles. The lowest BCUT2D eigenvalue weighted by Crippen LogP contribution is -2.15. The standard InChI is InChI=1S/C12H7Cl4N3O/c13-7-2-1-6(8(14)4-7)3-9(20)19-10-11(15)17-5-18-12(10)16/h1-2,4-5H,3H2,(H,19,20). The first kappa shape index (κ1) is 15.3. The molecule has 1 N–H and O–H groups in total. The number of nitrogens with one attached hydrogen (secondary N) is 1. The zero-order valence-electron chi connectivity index (χ0n) is 9.83. The third kappa shape index (κ3) is 3.73. The molecule has 0 aliphatic rings. The summed E-state index contributed by atoms with van der Waals surface area (Å²) in [5.41, 5.74) is 0.809. The van der Waals surface area contributed by atoms with Gasteiger partial charge in [0.2, 0.25) is 5.91 Å². The number of hydrogen-bond acceptors (Lipinski definition) is 3. The topological polar surface area (TPSA) is 54.9 Å². The second kappa shape index (κ2) is 6.59. The molecule has 1 aromatic carbocycles. The number of benzene rings is 1. The third-order valence-corrected chi connectivity index (χ3v) is 3.55. The molecule has 4 nitrogen and oxygen atoms in total. The van der Waals surface area contributed by atoms with E-state index in [1.54, 1.807) is 18.2 Å². The first-order valence-electron chi connectivity index (χ1n) is 5.37. The minimum Gasteiger partial charge on any atom is -0.321 e. The third-order valence-electron chi connectivity index (χ3n) is 2.39. The number of halogens is 4. The number of anilines is 1. The zero-order valence-corrected chi connectivity index (χ0v) is 12.9. The van der Waals surface area contributed by atoms with E-state index in [2.05, 4.69) is 15.3 Å². The van der Waals surface area contributed by atoms with Crippen LogP contribution in [0.25, 0.3) is 0 Å². The fraction of sp³-hybridized carbons (Fsp3) is 0.0833. The summed E-state index contributed by atoms with van der Waals surface area (Å²) in [5.74, 6) is -0.340. The van der Waals surface area contributed by atoms with Crippen molar-refractivity contribution in [1.82, 2.24) is 9.97 Å². The summed E-state index contributed by atoms with van der Waals surface area (Å²) in [6.07, 6.45) is 1.26. The number of carbonyl (C=O) groups excluding carboxylic acids is 1. The van der Waals surface area contributed by atoms with E-state index >= 15 is 0 Å². The van der Waals surface area contributed by atoms with Gasteiger partial charge in [0.1, 0.15) is 12.0 Å². The largest absolute Gasteiger partial charge is 0.321 e. The van der Waals surface area contributed by atoms with Crippen LogP contribution in [-0.4, -0.2) is 15.9 Å². The average molecular weight is 351 g/mol. The molecule has 104 valence electrons. The van der Waals surface area contributed by atoms with Gasteiger partial charge in [-0.2, -0.15) is 0 Å². The van der Waals surface area contributed by atoms with Crippen molar-refractivity contribution in [3.05, 3.63) is 50.4 Å². The van der Waals surface area contributed by atoms with Crippen LogP contribution in [0.15, 0.2) is 24.5 Å². The Hall–Kier alpha value is -1.07. The second-order valence-electron chi connectivity index (χ2n) is 3.79. The molecule has 20 heavy (non-hydrogen) atoms. The predicted octanol–water partition coefficient (Wildman–Crippen LogP) is 4.27. The minimum absolute atomic E-state index is 0.0531. The normalized spacial score (nSPS) is 10.4. The van der Waals surface area contributed by atoms with E-state index in [1.165, 1.54) is 6.33 Å². The van der Waals surface area contributed by atoms with Crippen molar-refractivity contribution in [3.63, 3.8) is 0 Å². The Morgan fingerprint density at radius 3 is 2.35 bits per heavy atom. The molecule has 2 aromatic rings. The fourth-order valence-electron chi connectivity index (χ4n) is 1.47. The Morgan fingerprint density at radius 1 is 1.10 bits per heavy atom. The van der Waals surface area contributed by atoms with Gasteiger partial charge in [-0.15, -0.1) is 0 Å². The summed E-state index contributed by atoms with van der Waals surface area (Å²) in [6, 6.07) is 4.90. The average Bonchev–Trinajstić information content (AvgIpc) is 2.37. The van der Waals surface area contributed by atoms with Crippen LogP contribution in [-0.2, 0) is 11.2 Å². The van der Waals surface area contributed by atoms with Crippen LogP contribution in [0.3, 0.4) is 0 Å². The lowest BCUT2D eigenvalue weighted by atomic mass is 10.1. The number of nitrogens with zero attached hydrogens (tertiary/aromatic N) is 2. The maximum atomic E-state index is 11.9. The number of amides is 1. The van der Waals surface area contributed by atoms with Crippen molar-refractivity contribution in [2.75, 3.05) is 5.32 Å². The molecular weight excluding hydrogens is 344 g/mol. The Labute approximate surface area is 135 Å². The molecule has 0 radical (unpaired) electrons. The van der Waals surface area contributed by atoms with Crippen molar-refractivity contribution in [3.8, 4) is 0 Å². The van der Waals surface area contributed by atoms with Gasteiger partial charge in [0, 0.05) is 10.0 Å². The van der Waals surface area contributed by atoms with E-state index < -0.39 is 0 Å². The van der Waals surface area contributed by atoms with Gasteiger partial charge >= 0.3 is 0 Å². The summed E-state index contributed by atoms with van der Waals surface area (Å²) in [5, 5.41) is 3.60. The Bertz CT molecular complexity index is 643. The molecule has 0 spiro atoms. The predicted molar refractivity (Wildman–Crippen MR) is 80.8 cm³/mol.